The molecule has 0 aromatic rings. The first-order chi connectivity index (χ1) is 7.79. The summed E-state index contributed by atoms with van der Waals surface area (Å²) in [5.74, 6) is 3.27. The molecule has 4 rings (SSSR count). The van der Waals surface area contributed by atoms with Crippen molar-refractivity contribution in [2.24, 2.45) is 23.7 Å². The van der Waals surface area contributed by atoms with Gasteiger partial charge in [-0.05, 0) is 0 Å². The fourth-order valence-electron chi connectivity index (χ4n) is 4.80. The predicted molar refractivity (Wildman–Crippen MR) is 52.7 cm³/mol. The zero-order valence-electron chi connectivity index (χ0n) is 9.27. The molecule has 2 bridgehead atoms. The van der Waals surface area contributed by atoms with Crippen LogP contribution in [0.5, 0.6) is 0 Å². The standard InChI is InChI=1S/C12H16IO3/c1-13-10-5-2-3-6(10)9-7(5)4-8-11(9)16-12(14)15-8/h5-11H,2-4H2,1H3/q-1. The average molecular weight is 335 g/mol. The van der Waals surface area contributed by atoms with Crippen molar-refractivity contribution >= 4 is 6.16 Å². The van der Waals surface area contributed by atoms with E-state index in [4.69, 9.17) is 9.47 Å². The fraction of sp³-hybridized carbons (Fsp3) is 0.917. The van der Waals surface area contributed by atoms with Gasteiger partial charge in [-0.25, -0.2) is 0 Å². The monoisotopic (exact) mass is 335 g/mol. The zero-order valence-corrected chi connectivity index (χ0v) is 11.4. The number of hydrogen-bond acceptors (Lipinski definition) is 3. The van der Waals surface area contributed by atoms with Gasteiger partial charge in [0.1, 0.15) is 0 Å². The Morgan fingerprint density at radius 3 is 2.81 bits per heavy atom. The Labute approximate surface area is 106 Å². The first kappa shape index (κ1) is 9.97. The van der Waals surface area contributed by atoms with Crippen molar-refractivity contribution in [3.05, 3.63) is 0 Å². The van der Waals surface area contributed by atoms with Crippen LogP contribution in [0.25, 0.3) is 0 Å². The maximum absolute atomic E-state index is 11.2. The maximum atomic E-state index is 11.2. The predicted octanol–water partition coefficient (Wildman–Crippen LogP) is -1.35. The van der Waals surface area contributed by atoms with Crippen LogP contribution < -0.4 is 21.2 Å². The summed E-state index contributed by atoms with van der Waals surface area (Å²) in [6.07, 6.45) is 3.69. The van der Waals surface area contributed by atoms with E-state index in [-0.39, 0.29) is 12.2 Å². The van der Waals surface area contributed by atoms with Crippen molar-refractivity contribution in [2.45, 2.75) is 35.4 Å². The van der Waals surface area contributed by atoms with Crippen molar-refractivity contribution < 1.29 is 35.5 Å². The summed E-state index contributed by atoms with van der Waals surface area (Å²) in [7, 11) is 0. The first-order valence-corrected chi connectivity index (χ1v) is 9.55. The van der Waals surface area contributed by atoms with Gasteiger partial charge in [0.05, 0.1) is 0 Å². The van der Waals surface area contributed by atoms with Crippen LogP contribution in [0.1, 0.15) is 19.3 Å². The number of carbonyl (C=O) groups is 1. The minimum absolute atomic E-state index is 0.0987. The van der Waals surface area contributed by atoms with Crippen LogP contribution in [0.4, 0.5) is 4.79 Å². The molecule has 4 fully saturated rings. The van der Waals surface area contributed by atoms with Crippen LogP contribution in [0.2, 0.25) is 0 Å². The molecule has 0 amide bonds. The van der Waals surface area contributed by atoms with Gasteiger partial charge >= 0.3 is 106 Å². The molecule has 1 aliphatic heterocycles. The molecule has 0 aromatic carbocycles. The zero-order chi connectivity index (χ0) is 10.9. The van der Waals surface area contributed by atoms with Crippen LogP contribution in [0.3, 0.4) is 0 Å². The number of carbonyl (C=O) groups excluding carboxylic acids is 1. The Morgan fingerprint density at radius 1 is 1.19 bits per heavy atom. The summed E-state index contributed by atoms with van der Waals surface area (Å²) in [5, 5.41) is 0. The number of alkyl halides is 2. The van der Waals surface area contributed by atoms with Gasteiger partial charge in [-0.3, -0.25) is 0 Å². The van der Waals surface area contributed by atoms with E-state index in [9.17, 15) is 4.79 Å². The minimum atomic E-state index is -0.418. The summed E-state index contributed by atoms with van der Waals surface area (Å²) < 4.78 is 11.7. The number of rotatable bonds is 1. The van der Waals surface area contributed by atoms with Gasteiger partial charge in [0.2, 0.25) is 0 Å². The van der Waals surface area contributed by atoms with Crippen molar-refractivity contribution in [1.29, 1.82) is 0 Å². The van der Waals surface area contributed by atoms with Gasteiger partial charge in [0.25, 0.3) is 0 Å². The summed E-state index contributed by atoms with van der Waals surface area (Å²) in [6, 6.07) is 0. The average Bonchev–Trinajstić information content (AvgIpc) is 2.92. The molecule has 0 aromatic heterocycles. The second kappa shape index (κ2) is 3.27. The fourth-order valence-corrected chi connectivity index (χ4v) is 8.38. The van der Waals surface area contributed by atoms with E-state index in [2.05, 4.69) is 4.93 Å². The van der Waals surface area contributed by atoms with Crippen LogP contribution in [0.15, 0.2) is 0 Å². The molecule has 4 heteroatoms. The molecule has 90 valence electrons. The number of ether oxygens (including phenoxy) is 2. The Bertz CT molecular complexity index is 343. The molecule has 3 nitrogen and oxygen atoms in total. The van der Waals surface area contributed by atoms with E-state index in [1.54, 1.807) is 0 Å². The normalized spacial score (nSPS) is 57.3. The summed E-state index contributed by atoms with van der Waals surface area (Å²) in [5.41, 5.74) is 0. The van der Waals surface area contributed by atoms with Crippen molar-refractivity contribution in [2.75, 3.05) is 4.93 Å². The molecule has 7 atom stereocenters. The third kappa shape index (κ3) is 1.07. The second-order valence-corrected chi connectivity index (χ2v) is 8.22. The topological polar surface area (TPSA) is 35.5 Å². The van der Waals surface area contributed by atoms with Gasteiger partial charge in [-0.1, -0.05) is 0 Å². The molecule has 0 radical (unpaired) electrons. The number of fused-ring (bicyclic) bond motifs is 7. The molecule has 3 saturated carbocycles. The van der Waals surface area contributed by atoms with Gasteiger partial charge in [-0.15, -0.1) is 0 Å². The summed E-state index contributed by atoms with van der Waals surface area (Å²) in [4.78, 5) is 13.6. The Morgan fingerprint density at radius 2 is 2.00 bits per heavy atom. The van der Waals surface area contributed by atoms with Crippen LogP contribution >= 0.6 is 0 Å². The quantitative estimate of drug-likeness (QED) is 0.338. The summed E-state index contributed by atoms with van der Waals surface area (Å²) in [6.45, 7) is 0. The SMILES string of the molecule is C[I-]C1C2CCC1C1C2CC2OC(=O)OC21. The van der Waals surface area contributed by atoms with E-state index in [0.717, 1.165) is 28.1 Å². The van der Waals surface area contributed by atoms with Crippen molar-refractivity contribution in [1.82, 2.24) is 0 Å². The van der Waals surface area contributed by atoms with Gasteiger partial charge in [0.15, 0.2) is 0 Å². The Hall–Kier alpha value is 0. The van der Waals surface area contributed by atoms with Gasteiger partial charge in [0, 0.05) is 0 Å². The molecule has 16 heavy (non-hydrogen) atoms. The van der Waals surface area contributed by atoms with Gasteiger partial charge < -0.3 is 0 Å². The van der Waals surface area contributed by atoms with E-state index in [1.807, 2.05) is 0 Å². The van der Waals surface area contributed by atoms with Crippen LogP contribution in [-0.4, -0.2) is 27.2 Å². The third-order valence-corrected chi connectivity index (χ3v) is 8.46. The van der Waals surface area contributed by atoms with Crippen LogP contribution in [0, 0.1) is 23.7 Å². The molecule has 0 N–H and O–H groups in total. The van der Waals surface area contributed by atoms with Crippen LogP contribution in [-0.2, 0) is 9.47 Å². The second-order valence-electron chi connectivity index (χ2n) is 5.53. The van der Waals surface area contributed by atoms with Gasteiger partial charge in [-0.2, -0.15) is 0 Å². The molecule has 7 unspecified atom stereocenters. The number of hydrogen-bond donors (Lipinski definition) is 0. The van der Waals surface area contributed by atoms with E-state index in [0.29, 0.717) is 27.1 Å². The van der Waals surface area contributed by atoms with E-state index in [1.165, 1.54) is 12.8 Å². The van der Waals surface area contributed by atoms with E-state index < -0.39 is 6.16 Å². The molecule has 3 aliphatic carbocycles. The Kier molecular flexibility index (Phi) is 2.04. The third-order valence-electron chi connectivity index (χ3n) is 5.17. The molecule has 4 aliphatic rings. The van der Waals surface area contributed by atoms with Crippen molar-refractivity contribution in [3.8, 4) is 0 Å². The van der Waals surface area contributed by atoms with E-state index >= 15 is 0 Å². The molecule has 1 heterocycles. The molecular formula is C12H16IO3-. The molecule has 1 saturated heterocycles. The van der Waals surface area contributed by atoms with Crippen molar-refractivity contribution in [3.63, 3.8) is 0 Å². The molecular weight excluding hydrogens is 319 g/mol. The Balaban J connectivity index is 1.66. The summed E-state index contributed by atoms with van der Waals surface area (Å²) >= 11 is 0.348. The molecule has 0 spiro atoms. The number of halogens is 1. The first-order valence-electron chi connectivity index (χ1n) is 6.15.